The van der Waals surface area contributed by atoms with Crippen LogP contribution < -0.4 is 0 Å². The summed E-state index contributed by atoms with van der Waals surface area (Å²) >= 11 is 1.78. The van der Waals surface area contributed by atoms with E-state index >= 15 is 0 Å². The standard InChI is InChI=1S/C36H20F6S/c37-35(38,39)28-18-27(19-29(20-28)36(40,41)42)26-15-14-24-16-23(12-13-25(24)17-26)21-8-10-22(11-9-21)30-5-3-6-32-31-4-1-2-7-33(31)43-34(30)32/h1-20H. The molecule has 212 valence electrons. The van der Waals surface area contributed by atoms with Gasteiger partial charge in [-0.25, -0.2) is 0 Å². The van der Waals surface area contributed by atoms with Crippen LogP contribution in [0.4, 0.5) is 26.3 Å². The van der Waals surface area contributed by atoms with E-state index in [1.807, 2.05) is 24.3 Å². The van der Waals surface area contributed by atoms with E-state index in [9.17, 15) is 26.3 Å². The van der Waals surface area contributed by atoms with Crippen LogP contribution in [0.5, 0.6) is 0 Å². The summed E-state index contributed by atoms with van der Waals surface area (Å²) in [5.41, 5.74) is 1.68. The Balaban J connectivity index is 1.22. The van der Waals surface area contributed by atoms with Crippen molar-refractivity contribution in [3.8, 4) is 33.4 Å². The number of hydrogen-bond donors (Lipinski definition) is 0. The highest BCUT2D eigenvalue weighted by atomic mass is 32.1. The van der Waals surface area contributed by atoms with Crippen molar-refractivity contribution in [3.05, 3.63) is 132 Å². The second-order valence-electron chi connectivity index (χ2n) is 10.4. The quantitative estimate of drug-likeness (QED) is 0.178. The third-order valence-corrected chi connectivity index (χ3v) is 8.91. The molecule has 0 amide bonds. The molecular formula is C36H20F6S. The van der Waals surface area contributed by atoms with Gasteiger partial charge < -0.3 is 0 Å². The van der Waals surface area contributed by atoms with Gasteiger partial charge in [-0.2, -0.15) is 26.3 Å². The number of thiophene rings is 1. The Morgan fingerprint density at radius 2 is 0.953 bits per heavy atom. The fourth-order valence-corrected chi connectivity index (χ4v) is 6.78. The van der Waals surface area contributed by atoms with Gasteiger partial charge in [0.1, 0.15) is 0 Å². The Kier molecular flexibility index (Phi) is 6.32. The van der Waals surface area contributed by atoms with Crippen molar-refractivity contribution in [2.45, 2.75) is 12.4 Å². The normalized spacial score (nSPS) is 12.4. The summed E-state index contributed by atoms with van der Waals surface area (Å²) in [4.78, 5) is 0. The fraction of sp³-hybridized carbons (Fsp3) is 0.0556. The highest BCUT2D eigenvalue weighted by Crippen LogP contribution is 2.41. The Morgan fingerprint density at radius 3 is 1.58 bits per heavy atom. The molecule has 0 bridgehead atoms. The fourth-order valence-electron chi connectivity index (χ4n) is 5.54. The molecule has 0 aliphatic carbocycles. The van der Waals surface area contributed by atoms with Crippen molar-refractivity contribution in [2.24, 2.45) is 0 Å². The molecular weight excluding hydrogens is 578 g/mol. The molecule has 0 N–H and O–H groups in total. The summed E-state index contributed by atoms with van der Waals surface area (Å²) in [7, 11) is 0. The Morgan fingerprint density at radius 1 is 0.419 bits per heavy atom. The van der Waals surface area contributed by atoms with Crippen LogP contribution in [0.1, 0.15) is 11.1 Å². The van der Waals surface area contributed by atoms with Gasteiger partial charge in [0.2, 0.25) is 0 Å². The highest BCUT2D eigenvalue weighted by molar-refractivity contribution is 7.26. The number of hydrogen-bond acceptors (Lipinski definition) is 1. The van der Waals surface area contributed by atoms with Crippen LogP contribution in [-0.4, -0.2) is 0 Å². The Bertz CT molecular complexity index is 2120. The van der Waals surface area contributed by atoms with Gasteiger partial charge in [0.05, 0.1) is 11.1 Å². The van der Waals surface area contributed by atoms with E-state index in [2.05, 4.69) is 60.7 Å². The first kappa shape index (κ1) is 27.2. The first-order valence-electron chi connectivity index (χ1n) is 13.4. The average molecular weight is 599 g/mol. The van der Waals surface area contributed by atoms with Crippen LogP contribution in [0.2, 0.25) is 0 Å². The molecule has 0 aliphatic heterocycles. The second kappa shape index (κ2) is 9.99. The summed E-state index contributed by atoms with van der Waals surface area (Å²) in [6.45, 7) is 0. The average Bonchev–Trinajstić information content (AvgIpc) is 3.38. The van der Waals surface area contributed by atoms with Gasteiger partial charge in [-0.15, -0.1) is 11.3 Å². The Labute approximate surface area is 246 Å². The molecule has 0 saturated heterocycles. The maximum Gasteiger partial charge on any atom is 0.416 e. The summed E-state index contributed by atoms with van der Waals surface area (Å²) in [5, 5.41) is 4.01. The van der Waals surface area contributed by atoms with Gasteiger partial charge in [0.15, 0.2) is 0 Å². The third-order valence-electron chi connectivity index (χ3n) is 7.69. The van der Waals surface area contributed by atoms with E-state index < -0.39 is 23.5 Å². The monoisotopic (exact) mass is 598 g/mol. The van der Waals surface area contributed by atoms with Crippen LogP contribution in [-0.2, 0) is 12.4 Å². The first-order chi connectivity index (χ1) is 20.5. The molecule has 0 radical (unpaired) electrons. The molecule has 7 rings (SSSR count). The second-order valence-corrected chi connectivity index (χ2v) is 11.5. The van der Waals surface area contributed by atoms with Gasteiger partial charge in [-0.1, -0.05) is 84.9 Å². The predicted octanol–water partition coefficient (Wildman–Crippen LogP) is 12.2. The number of rotatable bonds is 3. The predicted molar refractivity (Wildman–Crippen MR) is 163 cm³/mol. The summed E-state index contributed by atoms with van der Waals surface area (Å²) in [6, 6.07) is 35.3. The van der Waals surface area contributed by atoms with E-state index in [4.69, 9.17) is 0 Å². The van der Waals surface area contributed by atoms with Crippen LogP contribution in [0.25, 0.3) is 64.3 Å². The maximum absolute atomic E-state index is 13.4. The molecule has 0 atom stereocenters. The van der Waals surface area contributed by atoms with Crippen LogP contribution in [0.3, 0.4) is 0 Å². The molecule has 1 aromatic heterocycles. The van der Waals surface area contributed by atoms with Crippen LogP contribution in [0.15, 0.2) is 121 Å². The lowest BCUT2D eigenvalue weighted by molar-refractivity contribution is -0.143. The lowest BCUT2D eigenvalue weighted by Crippen LogP contribution is -2.11. The lowest BCUT2D eigenvalue weighted by atomic mass is 9.95. The summed E-state index contributed by atoms with van der Waals surface area (Å²) in [5.74, 6) is 0. The SMILES string of the molecule is FC(F)(F)c1cc(-c2ccc3cc(-c4ccc(-c5cccc6c5sc5ccccc56)cc4)ccc3c2)cc(C(F)(F)F)c1. The minimum atomic E-state index is -4.90. The highest BCUT2D eigenvalue weighted by Gasteiger charge is 2.37. The topological polar surface area (TPSA) is 0 Å². The summed E-state index contributed by atoms with van der Waals surface area (Å²) in [6.07, 6.45) is -9.80. The smallest absolute Gasteiger partial charge is 0.166 e. The number of halogens is 6. The number of fused-ring (bicyclic) bond motifs is 4. The largest absolute Gasteiger partial charge is 0.416 e. The van der Waals surface area contributed by atoms with Crippen molar-refractivity contribution in [1.82, 2.24) is 0 Å². The van der Waals surface area contributed by atoms with Crippen molar-refractivity contribution < 1.29 is 26.3 Å². The van der Waals surface area contributed by atoms with Gasteiger partial charge in [-0.05, 0) is 80.6 Å². The molecule has 0 spiro atoms. The van der Waals surface area contributed by atoms with E-state index in [0.717, 1.165) is 34.2 Å². The van der Waals surface area contributed by atoms with Gasteiger partial charge in [0.25, 0.3) is 0 Å². The van der Waals surface area contributed by atoms with Crippen LogP contribution >= 0.6 is 11.3 Å². The molecule has 0 unspecified atom stereocenters. The van der Waals surface area contributed by atoms with Gasteiger partial charge in [0, 0.05) is 20.2 Å². The minimum Gasteiger partial charge on any atom is -0.166 e. The van der Waals surface area contributed by atoms with Crippen LogP contribution in [0, 0.1) is 0 Å². The maximum atomic E-state index is 13.4. The molecule has 0 nitrogen and oxygen atoms in total. The van der Waals surface area contributed by atoms with Gasteiger partial charge >= 0.3 is 12.4 Å². The lowest BCUT2D eigenvalue weighted by Gasteiger charge is -2.15. The van der Waals surface area contributed by atoms with Crippen molar-refractivity contribution in [3.63, 3.8) is 0 Å². The molecule has 6 aromatic carbocycles. The molecule has 7 aromatic rings. The Hall–Kier alpha value is -4.62. The number of alkyl halides is 6. The van der Waals surface area contributed by atoms with E-state index in [1.54, 1.807) is 29.5 Å². The van der Waals surface area contributed by atoms with E-state index in [0.29, 0.717) is 5.39 Å². The van der Waals surface area contributed by atoms with E-state index in [-0.39, 0.29) is 17.2 Å². The first-order valence-corrected chi connectivity index (χ1v) is 14.2. The summed E-state index contributed by atoms with van der Waals surface area (Å²) < 4.78 is 82.8. The van der Waals surface area contributed by atoms with Gasteiger partial charge in [-0.3, -0.25) is 0 Å². The molecule has 0 fully saturated rings. The van der Waals surface area contributed by atoms with Crippen molar-refractivity contribution >= 4 is 42.3 Å². The molecule has 0 saturated carbocycles. The zero-order chi connectivity index (χ0) is 29.9. The molecule has 43 heavy (non-hydrogen) atoms. The van der Waals surface area contributed by atoms with E-state index in [1.165, 1.54) is 25.7 Å². The van der Waals surface area contributed by atoms with Crippen molar-refractivity contribution in [1.29, 1.82) is 0 Å². The molecule has 0 aliphatic rings. The molecule has 7 heteroatoms. The van der Waals surface area contributed by atoms with Crippen molar-refractivity contribution in [2.75, 3.05) is 0 Å². The molecule has 1 heterocycles. The number of benzene rings is 6. The zero-order valence-electron chi connectivity index (χ0n) is 22.2. The third kappa shape index (κ3) is 5.04. The minimum absolute atomic E-state index is 0.141. The zero-order valence-corrected chi connectivity index (χ0v) is 23.0.